The smallest absolute Gasteiger partial charge is 0.229 e. The van der Waals surface area contributed by atoms with Gasteiger partial charge in [0.1, 0.15) is 0 Å². The van der Waals surface area contributed by atoms with Gasteiger partial charge >= 0.3 is 0 Å². The number of anilines is 1. The van der Waals surface area contributed by atoms with Gasteiger partial charge in [0.25, 0.3) is 0 Å². The van der Waals surface area contributed by atoms with E-state index in [0.717, 1.165) is 33.8 Å². The minimum absolute atomic E-state index is 0.0108. The normalized spacial score (nSPS) is 21.2. The zero-order valence-electron chi connectivity index (χ0n) is 15.2. The standard InChI is InChI=1S/C20H26N2O2S/c1-5-21-18-14-11-16(22-17(23)10-13-7-6-8-25-13)12(2)9-15(14)20(3,4)19(18)24/h6-9,11,18-19,21,24H,5,10H2,1-4H3,(H,22,23). The highest BCUT2D eigenvalue weighted by Gasteiger charge is 2.45. The molecule has 25 heavy (non-hydrogen) atoms. The van der Waals surface area contributed by atoms with Crippen LogP contribution in [0.2, 0.25) is 0 Å². The number of thiophene rings is 1. The number of likely N-dealkylation sites (N-methyl/N-ethyl adjacent to an activating group) is 1. The Kier molecular flexibility index (Phi) is 5.00. The van der Waals surface area contributed by atoms with Crippen molar-refractivity contribution < 1.29 is 9.90 Å². The van der Waals surface area contributed by atoms with E-state index in [1.807, 2.05) is 37.4 Å². The molecule has 2 atom stereocenters. The van der Waals surface area contributed by atoms with Crippen molar-refractivity contribution in [1.82, 2.24) is 5.32 Å². The molecular formula is C20H26N2O2S. The second-order valence-corrected chi connectivity index (χ2v) is 8.29. The van der Waals surface area contributed by atoms with Gasteiger partial charge < -0.3 is 15.7 Å². The summed E-state index contributed by atoms with van der Waals surface area (Å²) in [6.45, 7) is 8.97. The van der Waals surface area contributed by atoms with Crippen molar-refractivity contribution in [2.45, 2.75) is 51.7 Å². The van der Waals surface area contributed by atoms with Crippen LogP contribution in [0.5, 0.6) is 0 Å². The predicted molar refractivity (Wildman–Crippen MR) is 103 cm³/mol. The molecule has 0 bridgehead atoms. The fraction of sp³-hybridized carbons (Fsp3) is 0.450. The van der Waals surface area contributed by atoms with Crippen molar-refractivity contribution >= 4 is 22.9 Å². The Balaban J connectivity index is 1.89. The number of nitrogens with one attached hydrogen (secondary N) is 2. The predicted octanol–water partition coefficient (Wildman–Crippen LogP) is 3.54. The quantitative estimate of drug-likeness (QED) is 0.766. The lowest BCUT2D eigenvalue weighted by Crippen LogP contribution is -2.37. The van der Waals surface area contributed by atoms with Crippen molar-refractivity contribution in [1.29, 1.82) is 0 Å². The molecule has 2 unspecified atom stereocenters. The molecule has 0 saturated carbocycles. The van der Waals surface area contributed by atoms with Crippen LogP contribution in [0.3, 0.4) is 0 Å². The largest absolute Gasteiger partial charge is 0.390 e. The number of fused-ring (bicyclic) bond motifs is 1. The Morgan fingerprint density at radius 2 is 2.12 bits per heavy atom. The maximum absolute atomic E-state index is 12.4. The number of carbonyl (C=O) groups is 1. The molecule has 4 nitrogen and oxygen atoms in total. The maximum atomic E-state index is 12.4. The van der Waals surface area contributed by atoms with Gasteiger partial charge in [0, 0.05) is 16.0 Å². The van der Waals surface area contributed by atoms with Crippen LogP contribution in [-0.4, -0.2) is 23.7 Å². The molecule has 1 heterocycles. The van der Waals surface area contributed by atoms with Gasteiger partial charge in [0.05, 0.1) is 18.6 Å². The summed E-state index contributed by atoms with van der Waals surface area (Å²) in [5.41, 5.74) is 3.77. The molecule has 0 saturated heterocycles. The van der Waals surface area contributed by atoms with Crippen LogP contribution in [0.25, 0.3) is 0 Å². The summed E-state index contributed by atoms with van der Waals surface area (Å²) in [6.07, 6.45) is -0.0993. The molecule has 2 aromatic rings. The molecule has 3 N–H and O–H groups in total. The zero-order valence-corrected chi connectivity index (χ0v) is 16.0. The summed E-state index contributed by atoms with van der Waals surface area (Å²) < 4.78 is 0. The lowest BCUT2D eigenvalue weighted by Gasteiger charge is -2.27. The van der Waals surface area contributed by atoms with E-state index in [-0.39, 0.29) is 17.4 Å². The molecule has 1 aromatic heterocycles. The van der Waals surface area contributed by atoms with Gasteiger partial charge in [-0.05, 0) is 47.7 Å². The number of benzene rings is 1. The molecule has 0 fully saturated rings. The molecule has 5 heteroatoms. The summed E-state index contributed by atoms with van der Waals surface area (Å²) in [5, 5.41) is 19.2. The lowest BCUT2D eigenvalue weighted by molar-refractivity contribution is -0.115. The number of aliphatic hydroxyl groups is 1. The van der Waals surface area contributed by atoms with E-state index >= 15 is 0 Å². The van der Waals surface area contributed by atoms with Crippen molar-refractivity contribution in [3.05, 3.63) is 51.2 Å². The Hall–Kier alpha value is -1.69. The van der Waals surface area contributed by atoms with E-state index in [0.29, 0.717) is 6.42 Å². The molecule has 3 rings (SSSR count). The first-order valence-electron chi connectivity index (χ1n) is 8.73. The fourth-order valence-corrected chi connectivity index (χ4v) is 4.33. The second kappa shape index (κ2) is 6.90. The first-order valence-corrected chi connectivity index (χ1v) is 9.61. The average molecular weight is 359 g/mol. The Morgan fingerprint density at radius 3 is 2.76 bits per heavy atom. The van der Waals surface area contributed by atoms with Crippen molar-refractivity contribution in [2.24, 2.45) is 0 Å². The van der Waals surface area contributed by atoms with Crippen molar-refractivity contribution in [2.75, 3.05) is 11.9 Å². The Bertz CT molecular complexity index is 768. The molecular weight excluding hydrogens is 332 g/mol. The lowest BCUT2D eigenvalue weighted by atomic mass is 9.83. The molecule has 0 spiro atoms. The van der Waals surface area contributed by atoms with Gasteiger partial charge in [-0.25, -0.2) is 0 Å². The number of rotatable bonds is 5. The summed E-state index contributed by atoms with van der Waals surface area (Å²) >= 11 is 1.59. The van der Waals surface area contributed by atoms with Crippen LogP contribution < -0.4 is 10.6 Å². The first-order chi connectivity index (χ1) is 11.8. The summed E-state index contributed by atoms with van der Waals surface area (Å²) in [6, 6.07) is 7.96. The molecule has 1 amide bonds. The second-order valence-electron chi connectivity index (χ2n) is 7.26. The van der Waals surface area contributed by atoms with Crippen LogP contribution >= 0.6 is 11.3 Å². The number of aliphatic hydroxyl groups excluding tert-OH is 1. The van der Waals surface area contributed by atoms with Gasteiger partial charge in [-0.15, -0.1) is 11.3 Å². The van der Waals surface area contributed by atoms with E-state index < -0.39 is 6.10 Å². The van der Waals surface area contributed by atoms with Gasteiger partial charge in [-0.1, -0.05) is 32.9 Å². The number of amides is 1. The van der Waals surface area contributed by atoms with Crippen LogP contribution in [-0.2, 0) is 16.6 Å². The molecule has 0 radical (unpaired) electrons. The minimum atomic E-state index is -0.487. The van der Waals surface area contributed by atoms with Gasteiger partial charge in [-0.3, -0.25) is 4.79 Å². The van der Waals surface area contributed by atoms with Crippen LogP contribution in [0.1, 0.15) is 48.4 Å². The van der Waals surface area contributed by atoms with Gasteiger partial charge in [0.15, 0.2) is 0 Å². The Morgan fingerprint density at radius 1 is 1.36 bits per heavy atom. The fourth-order valence-electron chi connectivity index (χ4n) is 3.63. The van der Waals surface area contributed by atoms with Crippen LogP contribution in [0.15, 0.2) is 29.6 Å². The van der Waals surface area contributed by atoms with Gasteiger partial charge in [-0.2, -0.15) is 0 Å². The van der Waals surface area contributed by atoms with Crippen molar-refractivity contribution in [3.63, 3.8) is 0 Å². The van der Waals surface area contributed by atoms with Crippen molar-refractivity contribution in [3.8, 4) is 0 Å². The number of hydrogen-bond acceptors (Lipinski definition) is 4. The van der Waals surface area contributed by atoms with Crippen LogP contribution in [0, 0.1) is 6.92 Å². The highest BCUT2D eigenvalue weighted by atomic mass is 32.1. The SMILES string of the molecule is CCNC1c2cc(NC(=O)Cc3cccs3)c(C)cc2C(C)(C)C1O. The van der Waals surface area contributed by atoms with E-state index in [1.165, 1.54) is 0 Å². The molecule has 134 valence electrons. The third-order valence-corrected chi connectivity index (χ3v) is 5.97. The molecule has 1 aliphatic rings. The highest BCUT2D eigenvalue weighted by Crippen LogP contribution is 2.46. The monoisotopic (exact) mass is 358 g/mol. The molecule has 1 aliphatic carbocycles. The number of hydrogen-bond donors (Lipinski definition) is 3. The van der Waals surface area contributed by atoms with Gasteiger partial charge in [0.2, 0.25) is 5.91 Å². The van der Waals surface area contributed by atoms with E-state index in [1.54, 1.807) is 11.3 Å². The summed E-state index contributed by atoms with van der Waals surface area (Å²) in [5.74, 6) is -0.0108. The first kappa shape index (κ1) is 18.1. The summed E-state index contributed by atoms with van der Waals surface area (Å²) in [7, 11) is 0. The Labute approximate surface area is 153 Å². The topological polar surface area (TPSA) is 61.4 Å². The highest BCUT2D eigenvalue weighted by molar-refractivity contribution is 7.10. The van der Waals surface area contributed by atoms with Crippen LogP contribution in [0.4, 0.5) is 5.69 Å². The zero-order chi connectivity index (χ0) is 18.2. The summed E-state index contributed by atoms with van der Waals surface area (Å²) in [4.78, 5) is 13.4. The average Bonchev–Trinajstić information content (AvgIpc) is 3.11. The number of carbonyl (C=O) groups excluding carboxylic acids is 1. The van der Waals surface area contributed by atoms with E-state index in [9.17, 15) is 9.90 Å². The maximum Gasteiger partial charge on any atom is 0.229 e. The van der Waals surface area contributed by atoms with E-state index in [2.05, 4.69) is 30.5 Å². The molecule has 0 aliphatic heterocycles. The minimum Gasteiger partial charge on any atom is -0.390 e. The third-order valence-electron chi connectivity index (χ3n) is 5.09. The van der Waals surface area contributed by atoms with E-state index in [4.69, 9.17) is 0 Å². The number of aryl methyl sites for hydroxylation is 1. The third kappa shape index (κ3) is 3.36. The molecule has 1 aromatic carbocycles.